The maximum Gasteiger partial charge on any atom is 0.123 e. The first-order valence-corrected chi connectivity index (χ1v) is 3.24. The number of hydrogen-bond donors (Lipinski definition) is 1. The first-order valence-electron chi connectivity index (χ1n) is 3.24. The van der Waals surface area contributed by atoms with Crippen molar-refractivity contribution < 1.29 is 0 Å². The minimum Gasteiger partial charge on any atom is -0.297 e. The number of nitrogens with one attached hydrogen (secondary N) is 1. The van der Waals surface area contributed by atoms with Crippen LogP contribution in [0.15, 0.2) is 4.99 Å². The predicted molar refractivity (Wildman–Crippen MR) is 38.1 cm³/mol. The quantitative estimate of drug-likeness (QED) is 0.558. The number of hydrogen-bond acceptors (Lipinski definition) is 3. The Balaban J connectivity index is 2.50. The van der Waals surface area contributed by atoms with E-state index in [0.717, 1.165) is 6.54 Å². The topological polar surface area (TPSA) is 27.6 Å². The van der Waals surface area contributed by atoms with Crippen molar-refractivity contribution in [2.75, 3.05) is 6.54 Å². The Hall–Kier alpha value is -0.570. The van der Waals surface area contributed by atoms with Gasteiger partial charge in [0.25, 0.3) is 0 Å². The van der Waals surface area contributed by atoms with Crippen LogP contribution >= 0.6 is 0 Å². The van der Waals surface area contributed by atoms with Crippen LogP contribution in [-0.2, 0) is 0 Å². The minimum absolute atomic E-state index is 0.0873. The summed E-state index contributed by atoms with van der Waals surface area (Å²) < 4.78 is 0. The Kier molecular flexibility index (Phi) is 1.45. The van der Waals surface area contributed by atoms with Crippen molar-refractivity contribution in [1.82, 2.24) is 10.4 Å². The molecule has 1 N–H and O–H groups in total. The third-order valence-electron chi connectivity index (χ3n) is 1.28. The first-order chi connectivity index (χ1) is 4.14. The molecule has 0 fully saturated rings. The molecule has 0 atom stereocenters. The Morgan fingerprint density at radius 1 is 1.67 bits per heavy atom. The van der Waals surface area contributed by atoms with Gasteiger partial charge >= 0.3 is 0 Å². The summed E-state index contributed by atoms with van der Waals surface area (Å²) in [6.45, 7) is 7.13. The second-order valence-electron chi connectivity index (χ2n) is 2.70. The molecule has 0 spiro atoms. The molecule has 0 saturated carbocycles. The highest BCUT2D eigenvalue weighted by Crippen LogP contribution is 2.08. The summed E-state index contributed by atoms with van der Waals surface area (Å²) in [6, 6.07) is 0. The van der Waals surface area contributed by atoms with Crippen molar-refractivity contribution in [2.24, 2.45) is 4.99 Å². The Morgan fingerprint density at radius 2 is 2.33 bits per heavy atom. The third-order valence-corrected chi connectivity index (χ3v) is 1.28. The number of hydrazine groups is 1. The maximum atomic E-state index is 4.21. The van der Waals surface area contributed by atoms with Crippen molar-refractivity contribution in [3.8, 4) is 0 Å². The van der Waals surface area contributed by atoms with Crippen LogP contribution in [0.25, 0.3) is 0 Å². The van der Waals surface area contributed by atoms with E-state index < -0.39 is 0 Å². The Morgan fingerprint density at radius 3 is 2.56 bits per heavy atom. The zero-order valence-corrected chi connectivity index (χ0v) is 6.18. The monoisotopic (exact) mass is 127 g/mol. The molecule has 0 saturated heterocycles. The fourth-order valence-electron chi connectivity index (χ4n) is 0.784. The van der Waals surface area contributed by atoms with E-state index in [1.54, 1.807) is 0 Å². The molecule has 0 amide bonds. The Labute approximate surface area is 55.7 Å². The fraction of sp³-hybridized carbons (Fsp3) is 0.833. The summed E-state index contributed by atoms with van der Waals surface area (Å²) >= 11 is 0. The van der Waals surface area contributed by atoms with Gasteiger partial charge in [0.15, 0.2) is 0 Å². The fourth-order valence-corrected chi connectivity index (χ4v) is 0.784. The molecular formula is C6H13N3. The van der Waals surface area contributed by atoms with Gasteiger partial charge in [-0.2, -0.15) is 0 Å². The van der Waals surface area contributed by atoms with Gasteiger partial charge < -0.3 is 0 Å². The molecule has 1 rings (SSSR count). The number of nitrogens with zero attached hydrogens (tertiary/aromatic N) is 2. The van der Waals surface area contributed by atoms with Crippen LogP contribution in [0.2, 0.25) is 0 Å². The second kappa shape index (κ2) is 1.99. The lowest BCUT2D eigenvalue weighted by molar-refractivity contribution is 0.258. The highest BCUT2D eigenvalue weighted by Gasteiger charge is 2.21. The standard InChI is InChI=1S/C6H13N3/c1-4-9-5-7-6(2,3)8-9/h5,8H,4H2,1-3H3. The van der Waals surface area contributed by atoms with Gasteiger partial charge in [-0.15, -0.1) is 0 Å². The van der Waals surface area contributed by atoms with Gasteiger partial charge in [0.1, 0.15) is 12.0 Å². The van der Waals surface area contributed by atoms with Crippen molar-refractivity contribution in [3.63, 3.8) is 0 Å². The molecule has 0 aliphatic carbocycles. The lowest BCUT2D eigenvalue weighted by Gasteiger charge is -2.19. The van der Waals surface area contributed by atoms with Gasteiger partial charge in [0.05, 0.1) is 0 Å². The van der Waals surface area contributed by atoms with Gasteiger partial charge in [-0.3, -0.25) is 10.0 Å². The van der Waals surface area contributed by atoms with Gasteiger partial charge in [-0.25, -0.2) is 5.43 Å². The molecule has 0 aromatic carbocycles. The molecule has 1 aliphatic heterocycles. The van der Waals surface area contributed by atoms with Crippen molar-refractivity contribution in [3.05, 3.63) is 0 Å². The van der Waals surface area contributed by atoms with Crippen LogP contribution in [-0.4, -0.2) is 23.6 Å². The van der Waals surface area contributed by atoms with Crippen LogP contribution in [0.1, 0.15) is 20.8 Å². The molecule has 1 aliphatic rings. The van der Waals surface area contributed by atoms with Crippen LogP contribution < -0.4 is 5.43 Å². The normalized spacial score (nSPS) is 23.2. The van der Waals surface area contributed by atoms with E-state index in [0.29, 0.717) is 0 Å². The summed E-state index contributed by atoms with van der Waals surface area (Å²) in [4.78, 5) is 4.21. The van der Waals surface area contributed by atoms with Gasteiger partial charge in [-0.05, 0) is 20.8 Å². The van der Waals surface area contributed by atoms with Crippen molar-refractivity contribution in [1.29, 1.82) is 0 Å². The second-order valence-corrected chi connectivity index (χ2v) is 2.70. The maximum absolute atomic E-state index is 4.21. The van der Waals surface area contributed by atoms with Crippen LogP contribution in [0, 0.1) is 0 Å². The molecule has 3 nitrogen and oxygen atoms in total. The van der Waals surface area contributed by atoms with Gasteiger partial charge in [0, 0.05) is 6.54 Å². The molecule has 52 valence electrons. The molecule has 0 radical (unpaired) electrons. The summed E-state index contributed by atoms with van der Waals surface area (Å²) in [6.07, 6.45) is 1.83. The van der Waals surface area contributed by atoms with Crippen LogP contribution in [0.5, 0.6) is 0 Å². The summed E-state index contributed by atoms with van der Waals surface area (Å²) in [5.41, 5.74) is 3.10. The summed E-state index contributed by atoms with van der Waals surface area (Å²) in [5.74, 6) is 0. The van der Waals surface area contributed by atoms with E-state index in [4.69, 9.17) is 0 Å². The van der Waals surface area contributed by atoms with Gasteiger partial charge in [0.2, 0.25) is 0 Å². The molecule has 0 aromatic heterocycles. The molecule has 9 heavy (non-hydrogen) atoms. The van der Waals surface area contributed by atoms with E-state index in [1.807, 2.05) is 25.2 Å². The third kappa shape index (κ3) is 1.42. The van der Waals surface area contributed by atoms with Crippen LogP contribution in [0.3, 0.4) is 0 Å². The zero-order valence-electron chi connectivity index (χ0n) is 6.18. The van der Waals surface area contributed by atoms with Crippen LogP contribution in [0.4, 0.5) is 0 Å². The molecule has 3 heteroatoms. The number of rotatable bonds is 1. The molecule has 0 bridgehead atoms. The molecule has 0 unspecified atom stereocenters. The van der Waals surface area contributed by atoms with E-state index >= 15 is 0 Å². The lowest BCUT2D eigenvalue weighted by Crippen LogP contribution is -2.42. The molecule has 1 heterocycles. The average molecular weight is 127 g/mol. The highest BCUT2D eigenvalue weighted by atomic mass is 15.6. The van der Waals surface area contributed by atoms with E-state index in [9.17, 15) is 0 Å². The lowest BCUT2D eigenvalue weighted by atomic mass is 10.3. The number of aliphatic imine (C=N–C) groups is 1. The Bertz CT molecular complexity index is 128. The van der Waals surface area contributed by atoms with E-state index in [2.05, 4.69) is 17.3 Å². The first kappa shape index (κ1) is 6.55. The zero-order chi connectivity index (χ0) is 6.91. The highest BCUT2D eigenvalue weighted by molar-refractivity contribution is 5.57. The smallest absolute Gasteiger partial charge is 0.123 e. The summed E-state index contributed by atoms with van der Waals surface area (Å²) in [5, 5.41) is 1.97. The van der Waals surface area contributed by atoms with Crippen molar-refractivity contribution in [2.45, 2.75) is 26.4 Å². The van der Waals surface area contributed by atoms with Crippen molar-refractivity contribution >= 4 is 6.34 Å². The SMILES string of the molecule is CCN1C=NC(C)(C)N1. The van der Waals surface area contributed by atoms with E-state index in [1.165, 1.54) is 0 Å². The summed E-state index contributed by atoms with van der Waals surface area (Å²) in [7, 11) is 0. The molecular weight excluding hydrogens is 114 g/mol. The predicted octanol–water partition coefficient (Wildman–Crippen LogP) is 0.591. The minimum atomic E-state index is -0.0873. The largest absolute Gasteiger partial charge is 0.297 e. The van der Waals surface area contributed by atoms with E-state index in [-0.39, 0.29) is 5.66 Å². The van der Waals surface area contributed by atoms with Gasteiger partial charge in [-0.1, -0.05) is 0 Å². The average Bonchev–Trinajstić information content (AvgIpc) is 2.10. The molecule has 0 aromatic rings.